The van der Waals surface area contributed by atoms with Crippen molar-refractivity contribution in [3.05, 3.63) is 46.5 Å². The molecule has 1 N–H and O–H groups in total. The van der Waals surface area contributed by atoms with Crippen molar-refractivity contribution in [3.8, 4) is 0 Å². The van der Waals surface area contributed by atoms with Crippen molar-refractivity contribution < 1.29 is 0 Å². The lowest BCUT2D eigenvalue weighted by molar-refractivity contribution is 0.971. The summed E-state index contributed by atoms with van der Waals surface area (Å²) in [5.74, 6) is 0.792. The maximum absolute atomic E-state index is 5.60. The molecule has 14 heavy (non-hydrogen) atoms. The minimum Gasteiger partial charge on any atom is -0.261 e. The highest BCUT2D eigenvalue weighted by Crippen LogP contribution is 2.09. The summed E-state index contributed by atoms with van der Waals surface area (Å²) in [5, 5.41) is 6.82. The van der Waals surface area contributed by atoms with Gasteiger partial charge in [-0.25, -0.2) is 4.98 Å². The standard InChI is InChI=1S/C10H10ClN3/c1-7-3-2-4-8(5-7)6-9-12-10(11)14-13-9/h2-5H,6H2,1H3,(H,12,13,14). The van der Waals surface area contributed by atoms with Crippen LogP contribution in [0.25, 0.3) is 0 Å². The minimum absolute atomic E-state index is 0.271. The number of benzene rings is 1. The SMILES string of the molecule is Cc1cccc(Cc2nc(Cl)n[nH]2)c1. The van der Waals surface area contributed by atoms with Gasteiger partial charge in [0.25, 0.3) is 0 Å². The second-order valence-corrected chi connectivity index (χ2v) is 3.56. The minimum atomic E-state index is 0.271. The Morgan fingerprint density at radius 2 is 2.29 bits per heavy atom. The van der Waals surface area contributed by atoms with Crippen molar-refractivity contribution in [3.63, 3.8) is 0 Å². The summed E-state index contributed by atoms with van der Waals surface area (Å²) < 4.78 is 0. The van der Waals surface area contributed by atoms with Gasteiger partial charge < -0.3 is 0 Å². The summed E-state index contributed by atoms with van der Waals surface area (Å²) >= 11 is 5.60. The summed E-state index contributed by atoms with van der Waals surface area (Å²) in [6.07, 6.45) is 0.738. The molecule has 0 spiro atoms. The van der Waals surface area contributed by atoms with E-state index in [1.165, 1.54) is 11.1 Å². The predicted molar refractivity (Wildman–Crippen MR) is 55.4 cm³/mol. The molecule has 4 heteroatoms. The zero-order valence-corrected chi connectivity index (χ0v) is 8.54. The van der Waals surface area contributed by atoms with Crippen LogP contribution in [0, 0.1) is 6.92 Å². The molecule has 0 unspecified atom stereocenters. The average Bonchev–Trinajstić information content (AvgIpc) is 2.51. The third-order valence-corrected chi connectivity index (χ3v) is 2.13. The lowest BCUT2D eigenvalue weighted by Crippen LogP contribution is -1.91. The quantitative estimate of drug-likeness (QED) is 0.822. The summed E-state index contributed by atoms with van der Waals surface area (Å²) in [6, 6.07) is 8.28. The van der Waals surface area contributed by atoms with Gasteiger partial charge in [0.05, 0.1) is 0 Å². The highest BCUT2D eigenvalue weighted by molar-refractivity contribution is 6.28. The first-order chi connectivity index (χ1) is 6.74. The normalized spacial score (nSPS) is 10.4. The Balaban J connectivity index is 2.18. The molecular formula is C10H10ClN3. The average molecular weight is 208 g/mol. The molecule has 0 aliphatic rings. The number of rotatable bonds is 2. The highest BCUT2D eigenvalue weighted by Gasteiger charge is 2.01. The molecule has 0 aliphatic carbocycles. The Kier molecular flexibility index (Phi) is 2.50. The Morgan fingerprint density at radius 3 is 2.93 bits per heavy atom. The number of nitrogens with zero attached hydrogens (tertiary/aromatic N) is 2. The van der Waals surface area contributed by atoms with Crippen molar-refractivity contribution in [2.24, 2.45) is 0 Å². The van der Waals surface area contributed by atoms with Crippen LogP contribution < -0.4 is 0 Å². The summed E-state index contributed by atoms with van der Waals surface area (Å²) in [6.45, 7) is 2.07. The predicted octanol–water partition coefficient (Wildman–Crippen LogP) is 2.36. The van der Waals surface area contributed by atoms with E-state index in [9.17, 15) is 0 Å². The van der Waals surface area contributed by atoms with Gasteiger partial charge in [-0.2, -0.15) is 0 Å². The van der Waals surface area contributed by atoms with Crippen LogP contribution in [0.3, 0.4) is 0 Å². The molecule has 72 valence electrons. The van der Waals surface area contributed by atoms with Gasteiger partial charge in [-0.05, 0) is 24.1 Å². The van der Waals surface area contributed by atoms with Gasteiger partial charge in [-0.3, -0.25) is 5.10 Å². The van der Waals surface area contributed by atoms with E-state index < -0.39 is 0 Å². The van der Waals surface area contributed by atoms with Crippen molar-refractivity contribution in [1.29, 1.82) is 0 Å². The van der Waals surface area contributed by atoms with Crippen molar-refractivity contribution in [1.82, 2.24) is 15.2 Å². The molecule has 0 bridgehead atoms. The Labute approximate surface area is 87.1 Å². The zero-order valence-electron chi connectivity index (χ0n) is 7.79. The Morgan fingerprint density at radius 1 is 1.43 bits per heavy atom. The monoisotopic (exact) mass is 207 g/mol. The number of aryl methyl sites for hydroxylation is 1. The summed E-state index contributed by atoms with van der Waals surface area (Å²) in [7, 11) is 0. The van der Waals surface area contributed by atoms with E-state index in [-0.39, 0.29) is 5.28 Å². The molecule has 2 rings (SSSR count). The van der Waals surface area contributed by atoms with Crippen molar-refractivity contribution in [2.45, 2.75) is 13.3 Å². The number of hydrogen-bond acceptors (Lipinski definition) is 2. The van der Waals surface area contributed by atoms with Crippen LogP contribution in [0.4, 0.5) is 0 Å². The van der Waals surface area contributed by atoms with Gasteiger partial charge in [-0.15, -0.1) is 5.10 Å². The van der Waals surface area contributed by atoms with E-state index in [1.54, 1.807) is 0 Å². The van der Waals surface area contributed by atoms with Crippen LogP contribution >= 0.6 is 11.6 Å². The van der Waals surface area contributed by atoms with Crippen LogP contribution in [0.5, 0.6) is 0 Å². The molecule has 0 fully saturated rings. The molecule has 0 atom stereocenters. The molecule has 0 amide bonds. The molecule has 1 heterocycles. The van der Waals surface area contributed by atoms with E-state index in [1.807, 2.05) is 6.07 Å². The molecular weight excluding hydrogens is 198 g/mol. The summed E-state index contributed by atoms with van der Waals surface area (Å²) in [4.78, 5) is 4.03. The molecule has 3 nitrogen and oxygen atoms in total. The van der Waals surface area contributed by atoms with E-state index >= 15 is 0 Å². The van der Waals surface area contributed by atoms with Gasteiger partial charge in [-0.1, -0.05) is 29.8 Å². The molecule has 0 radical (unpaired) electrons. The van der Waals surface area contributed by atoms with E-state index in [2.05, 4.69) is 40.3 Å². The first kappa shape index (κ1) is 9.21. The molecule has 2 aromatic rings. The number of H-pyrrole nitrogens is 1. The van der Waals surface area contributed by atoms with Crippen molar-refractivity contribution >= 4 is 11.6 Å². The van der Waals surface area contributed by atoms with Gasteiger partial charge in [0, 0.05) is 6.42 Å². The van der Waals surface area contributed by atoms with Gasteiger partial charge >= 0.3 is 0 Å². The number of aromatic nitrogens is 3. The highest BCUT2D eigenvalue weighted by atomic mass is 35.5. The molecule has 0 aliphatic heterocycles. The molecule has 0 saturated heterocycles. The van der Waals surface area contributed by atoms with E-state index in [4.69, 9.17) is 11.6 Å². The number of halogens is 1. The number of aromatic amines is 1. The number of nitrogens with one attached hydrogen (secondary N) is 1. The lowest BCUT2D eigenvalue weighted by atomic mass is 10.1. The fourth-order valence-electron chi connectivity index (χ4n) is 1.37. The van der Waals surface area contributed by atoms with E-state index in [0.29, 0.717) is 0 Å². The Bertz CT molecular complexity index is 436. The third-order valence-electron chi connectivity index (χ3n) is 1.96. The largest absolute Gasteiger partial charge is 0.261 e. The van der Waals surface area contributed by atoms with Gasteiger partial charge in [0.1, 0.15) is 5.82 Å². The second kappa shape index (κ2) is 3.80. The maximum Gasteiger partial charge on any atom is 0.242 e. The van der Waals surface area contributed by atoms with Crippen LogP contribution in [-0.4, -0.2) is 15.2 Å². The first-order valence-electron chi connectivity index (χ1n) is 4.36. The Hall–Kier alpha value is -1.35. The molecule has 0 saturated carbocycles. The number of hydrogen-bond donors (Lipinski definition) is 1. The summed E-state index contributed by atoms with van der Waals surface area (Å²) in [5.41, 5.74) is 2.45. The zero-order chi connectivity index (χ0) is 9.97. The maximum atomic E-state index is 5.60. The van der Waals surface area contributed by atoms with Crippen LogP contribution in [-0.2, 0) is 6.42 Å². The van der Waals surface area contributed by atoms with Crippen molar-refractivity contribution in [2.75, 3.05) is 0 Å². The van der Waals surface area contributed by atoms with Crippen LogP contribution in [0.1, 0.15) is 17.0 Å². The third kappa shape index (κ3) is 2.12. The topological polar surface area (TPSA) is 41.6 Å². The second-order valence-electron chi connectivity index (χ2n) is 3.22. The van der Waals surface area contributed by atoms with Gasteiger partial charge in [0.15, 0.2) is 0 Å². The van der Waals surface area contributed by atoms with Crippen LogP contribution in [0.15, 0.2) is 24.3 Å². The lowest BCUT2D eigenvalue weighted by Gasteiger charge is -1.98. The molecule has 1 aromatic heterocycles. The van der Waals surface area contributed by atoms with Gasteiger partial charge in [0.2, 0.25) is 5.28 Å². The smallest absolute Gasteiger partial charge is 0.242 e. The van der Waals surface area contributed by atoms with E-state index in [0.717, 1.165) is 12.2 Å². The first-order valence-corrected chi connectivity index (χ1v) is 4.74. The molecule has 1 aromatic carbocycles. The van der Waals surface area contributed by atoms with Crippen LogP contribution in [0.2, 0.25) is 5.28 Å². The fourth-order valence-corrected chi connectivity index (χ4v) is 1.51. The fraction of sp³-hybridized carbons (Fsp3) is 0.200.